The molecule has 0 heterocycles. The molecule has 3 nitrogen and oxygen atoms in total. The summed E-state index contributed by atoms with van der Waals surface area (Å²) in [5.74, 6) is 0.710. The van der Waals surface area contributed by atoms with Gasteiger partial charge in [0.05, 0.1) is 18.1 Å². The van der Waals surface area contributed by atoms with Crippen LogP contribution in [-0.4, -0.2) is 13.2 Å². The van der Waals surface area contributed by atoms with E-state index < -0.39 is 0 Å². The van der Waals surface area contributed by atoms with Gasteiger partial charge in [0.2, 0.25) is 6.08 Å². The largest absolute Gasteiger partial charge is 0.495 e. The Kier molecular flexibility index (Phi) is 3.68. The Labute approximate surface area is 84.6 Å². The maximum Gasteiger partial charge on any atom is 0.235 e. The van der Waals surface area contributed by atoms with Crippen LogP contribution in [0.1, 0.15) is 5.56 Å². The molecule has 0 aliphatic rings. The number of carbonyl (C=O) groups excluding carboxylic acids is 1. The highest BCUT2D eigenvalue weighted by Gasteiger charge is 2.05. The zero-order valence-corrected chi connectivity index (χ0v) is 8.67. The Bertz CT molecular complexity index is 345. The number of rotatable bonds is 3. The van der Waals surface area contributed by atoms with E-state index in [-0.39, 0.29) is 0 Å². The second kappa shape index (κ2) is 4.80. The minimum atomic E-state index is 0.298. The standard InChI is InChI=1S/C9H8BrNO2/c1-13-9-7(5-11-6-12)3-2-4-8(9)10/h2-4H,5H2,1H3. The number of para-hydroxylation sites is 1. The normalized spacial score (nSPS) is 9.08. The van der Waals surface area contributed by atoms with Crippen LogP contribution in [0, 0.1) is 0 Å². The number of isocyanates is 1. The van der Waals surface area contributed by atoms with Gasteiger partial charge in [-0.3, -0.25) is 0 Å². The predicted octanol–water partition coefficient (Wildman–Crippen LogP) is 2.29. The van der Waals surface area contributed by atoms with E-state index in [4.69, 9.17) is 4.74 Å². The molecule has 0 N–H and O–H groups in total. The molecule has 1 rings (SSSR count). The van der Waals surface area contributed by atoms with Crippen LogP contribution in [0.25, 0.3) is 0 Å². The maximum atomic E-state index is 9.92. The fraction of sp³-hybridized carbons (Fsp3) is 0.222. The van der Waals surface area contributed by atoms with Crippen molar-refractivity contribution in [1.29, 1.82) is 0 Å². The first-order chi connectivity index (χ1) is 6.29. The van der Waals surface area contributed by atoms with Crippen molar-refractivity contribution in [2.24, 2.45) is 4.99 Å². The molecule has 0 bridgehead atoms. The molecule has 0 saturated heterocycles. The first-order valence-corrected chi connectivity index (χ1v) is 4.44. The first-order valence-electron chi connectivity index (χ1n) is 3.64. The Balaban J connectivity index is 3.04. The van der Waals surface area contributed by atoms with Crippen molar-refractivity contribution in [1.82, 2.24) is 0 Å². The molecule has 1 aromatic carbocycles. The molecule has 4 heteroatoms. The highest BCUT2D eigenvalue weighted by molar-refractivity contribution is 9.10. The summed E-state index contributed by atoms with van der Waals surface area (Å²) in [5, 5.41) is 0. The topological polar surface area (TPSA) is 38.7 Å². The SMILES string of the molecule is COc1c(Br)cccc1CN=C=O. The lowest BCUT2D eigenvalue weighted by molar-refractivity contribution is 0.407. The quantitative estimate of drug-likeness (QED) is 0.602. The molecule has 13 heavy (non-hydrogen) atoms. The second-order valence-corrected chi connectivity index (χ2v) is 3.19. The van der Waals surface area contributed by atoms with Gasteiger partial charge in [-0.05, 0) is 22.0 Å². The predicted molar refractivity (Wildman–Crippen MR) is 52.5 cm³/mol. The highest BCUT2D eigenvalue weighted by Crippen LogP contribution is 2.28. The molecule has 0 saturated carbocycles. The van der Waals surface area contributed by atoms with Gasteiger partial charge in [-0.15, -0.1) is 0 Å². The van der Waals surface area contributed by atoms with Gasteiger partial charge in [0, 0.05) is 5.56 Å². The summed E-state index contributed by atoms with van der Waals surface area (Å²) in [6.45, 7) is 0.298. The van der Waals surface area contributed by atoms with E-state index in [1.54, 1.807) is 7.11 Å². The van der Waals surface area contributed by atoms with Crippen LogP contribution in [-0.2, 0) is 11.3 Å². The number of methoxy groups -OCH3 is 1. The van der Waals surface area contributed by atoms with Crippen LogP contribution in [0.2, 0.25) is 0 Å². The van der Waals surface area contributed by atoms with Crippen LogP contribution in [0.3, 0.4) is 0 Å². The molecule has 0 radical (unpaired) electrons. The van der Waals surface area contributed by atoms with Crippen molar-refractivity contribution < 1.29 is 9.53 Å². The maximum absolute atomic E-state index is 9.92. The smallest absolute Gasteiger partial charge is 0.235 e. The van der Waals surface area contributed by atoms with Crippen molar-refractivity contribution >= 4 is 22.0 Å². The highest BCUT2D eigenvalue weighted by atomic mass is 79.9. The van der Waals surface area contributed by atoms with Gasteiger partial charge in [0.25, 0.3) is 0 Å². The molecule has 0 amide bonds. The summed E-state index contributed by atoms with van der Waals surface area (Å²) < 4.78 is 5.99. The fourth-order valence-corrected chi connectivity index (χ4v) is 1.59. The van der Waals surface area contributed by atoms with Crippen LogP contribution in [0.5, 0.6) is 5.75 Å². The monoisotopic (exact) mass is 241 g/mol. The van der Waals surface area contributed by atoms with Crippen molar-refractivity contribution in [2.75, 3.05) is 7.11 Å². The van der Waals surface area contributed by atoms with Gasteiger partial charge in [-0.25, -0.2) is 9.79 Å². The van der Waals surface area contributed by atoms with Gasteiger partial charge in [-0.2, -0.15) is 0 Å². The van der Waals surface area contributed by atoms with Crippen molar-refractivity contribution in [3.63, 3.8) is 0 Å². The second-order valence-electron chi connectivity index (χ2n) is 2.34. The minimum absolute atomic E-state index is 0.298. The van der Waals surface area contributed by atoms with Crippen LogP contribution in [0.4, 0.5) is 0 Å². The number of nitrogens with zero attached hydrogens (tertiary/aromatic N) is 1. The lowest BCUT2D eigenvalue weighted by atomic mass is 10.2. The van der Waals surface area contributed by atoms with E-state index >= 15 is 0 Å². The number of hydrogen-bond acceptors (Lipinski definition) is 3. The van der Waals surface area contributed by atoms with Crippen molar-refractivity contribution in [3.8, 4) is 5.75 Å². The average molecular weight is 242 g/mol. The molecule has 0 aliphatic heterocycles. The van der Waals surface area contributed by atoms with Gasteiger partial charge in [0.15, 0.2) is 0 Å². The zero-order chi connectivity index (χ0) is 9.68. The van der Waals surface area contributed by atoms with Crippen LogP contribution < -0.4 is 4.74 Å². The van der Waals surface area contributed by atoms with Gasteiger partial charge >= 0.3 is 0 Å². The third-order valence-corrected chi connectivity index (χ3v) is 2.19. The minimum Gasteiger partial charge on any atom is -0.495 e. The lowest BCUT2D eigenvalue weighted by Crippen LogP contribution is -1.91. The van der Waals surface area contributed by atoms with Crippen molar-refractivity contribution in [2.45, 2.75) is 6.54 Å². The zero-order valence-electron chi connectivity index (χ0n) is 7.08. The molecule has 0 fully saturated rings. The van der Waals surface area contributed by atoms with Crippen LogP contribution in [0.15, 0.2) is 27.7 Å². The summed E-state index contributed by atoms with van der Waals surface area (Å²) in [6, 6.07) is 5.58. The number of hydrogen-bond donors (Lipinski definition) is 0. The summed E-state index contributed by atoms with van der Waals surface area (Å²) in [7, 11) is 1.58. The molecule has 0 atom stereocenters. The molecule has 0 unspecified atom stereocenters. The van der Waals surface area contributed by atoms with E-state index in [1.165, 1.54) is 6.08 Å². The van der Waals surface area contributed by atoms with E-state index in [9.17, 15) is 4.79 Å². The van der Waals surface area contributed by atoms with Gasteiger partial charge in [0.1, 0.15) is 5.75 Å². The Morgan fingerprint density at radius 1 is 1.62 bits per heavy atom. The lowest BCUT2D eigenvalue weighted by Gasteiger charge is -2.06. The Hall–Kier alpha value is -1.12. The van der Waals surface area contributed by atoms with E-state index in [0.29, 0.717) is 12.3 Å². The van der Waals surface area contributed by atoms with E-state index in [1.807, 2.05) is 18.2 Å². The fourth-order valence-electron chi connectivity index (χ4n) is 1.02. The Morgan fingerprint density at radius 2 is 2.38 bits per heavy atom. The summed E-state index contributed by atoms with van der Waals surface area (Å²) in [5.41, 5.74) is 0.861. The van der Waals surface area contributed by atoms with E-state index in [2.05, 4.69) is 20.9 Å². The third kappa shape index (κ3) is 2.41. The number of aliphatic imine (C=N–C) groups is 1. The molecule has 1 aromatic rings. The van der Waals surface area contributed by atoms with Crippen molar-refractivity contribution in [3.05, 3.63) is 28.2 Å². The summed E-state index contributed by atoms with van der Waals surface area (Å²) in [6.07, 6.45) is 1.49. The number of halogens is 1. The molecule has 0 aliphatic carbocycles. The molecular formula is C9H8BrNO2. The first kappa shape index (κ1) is 9.96. The van der Waals surface area contributed by atoms with Crippen LogP contribution >= 0.6 is 15.9 Å². The average Bonchev–Trinajstić information content (AvgIpc) is 2.15. The molecular weight excluding hydrogens is 234 g/mol. The van der Waals surface area contributed by atoms with Gasteiger partial charge in [-0.1, -0.05) is 12.1 Å². The molecule has 0 aromatic heterocycles. The number of ether oxygens (including phenoxy) is 1. The molecule has 0 spiro atoms. The van der Waals surface area contributed by atoms with E-state index in [0.717, 1.165) is 10.0 Å². The summed E-state index contributed by atoms with van der Waals surface area (Å²) in [4.78, 5) is 13.4. The van der Waals surface area contributed by atoms with Gasteiger partial charge < -0.3 is 4.74 Å². The summed E-state index contributed by atoms with van der Waals surface area (Å²) >= 11 is 3.33. The molecule has 68 valence electrons. The Morgan fingerprint density at radius 3 is 3.00 bits per heavy atom. The number of benzene rings is 1. The third-order valence-electron chi connectivity index (χ3n) is 1.57.